The van der Waals surface area contributed by atoms with Crippen molar-refractivity contribution >= 4 is 0 Å². The van der Waals surface area contributed by atoms with E-state index in [9.17, 15) is 0 Å². The minimum atomic E-state index is 1.06. The average Bonchev–Trinajstić information content (AvgIpc) is 2.14. The summed E-state index contributed by atoms with van der Waals surface area (Å²) in [5.41, 5.74) is 4.03. The van der Waals surface area contributed by atoms with E-state index < -0.39 is 0 Å². The van der Waals surface area contributed by atoms with Crippen molar-refractivity contribution in [2.45, 2.75) is 0 Å². The van der Waals surface area contributed by atoms with Crippen molar-refractivity contribution in [2.24, 2.45) is 0 Å². The molecule has 0 bridgehead atoms. The van der Waals surface area contributed by atoms with Crippen LogP contribution in [0.4, 0.5) is 0 Å². The van der Waals surface area contributed by atoms with Crippen molar-refractivity contribution in [1.29, 1.82) is 0 Å². The molecule has 0 heterocycles. The first kappa shape index (κ1) is 4.23. The van der Waals surface area contributed by atoms with Gasteiger partial charge in [0, 0.05) is 7.05 Å². The van der Waals surface area contributed by atoms with E-state index in [1.807, 2.05) is 25.3 Å². The first-order chi connectivity index (χ1) is 3.43. The van der Waals surface area contributed by atoms with Crippen LogP contribution in [-0.2, 0) is 0 Å². The molecule has 7 heavy (non-hydrogen) atoms. The molecule has 0 aromatic rings. The zero-order valence-corrected chi connectivity index (χ0v) is 4.23. The standard InChI is InChI=1S/C6H7N/c1-7-6-4-2-3-5-6/h2-4,7H,1H3. The van der Waals surface area contributed by atoms with E-state index in [1.165, 1.54) is 0 Å². The van der Waals surface area contributed by atoms with Crippen LogP contribution in [0.25, 0.3) is 0 Å². The number of nitrogens with one attached hydrogen (secondary N) is 1. The molecule has 0 saturated heterocycles. The molecular weight excluding hydrogens is 86.1 g/mol. The van der Waals surface area contributed by atoms with Gasteiger partial charge < -0.3 is 5.32 Å². The van der Waals surface area contributed by atoms with Gasteiger partial charge in [-0.3, -0.25) is 0 Å². The topological polar surface area (TPSA) is 12.0 Å². The van der Waals surface area contributed by atoms with Crippen molar-refractivity contribution in [3.8, 4) is 0 Å². The fraction of sp³-hybridized carbons (Fsp3) is 0.167. The summed E-state index contributed by atoms with van der Waals surface area (Å²) >= 11 is 0. The Balaban J connectivity index is 2.72. The Bertz CT molecular complexity index is 148. The predicted molar refractivity (Wildman–Crippen MR) is 29.8 cm³/mol. The molecule has 0 amide bonds. The number of likely N-dealkylation sites (N-methyl/N-ethyl adjacent to an activating group) is 1. The molecule has 1 N–H and O–H groups in total. The van der Waals surface area contributed by atoms with Gasteiger partial charge in [0.2, 0.25) is 0 Å². The molecule has 1 nitrogen and oxygen atoms in total. The molecule has 0 radical (unpaired) electrons. The Hall–Kier alpha value is -0.940. The monoisotopic (exact) mass is 93.1 g/mol. The zero-order chi connectivity index (χ0) is 5.11. The van der Waals surface area contributed by atoms with Crippen LogP contribution >= 0.6 is 0 Å². The van der Waals surface area contributed by atoms with Gasteiger partial charge in [0.1, 0.15) is 0 Å². The summed E-state index contributed by atoms with van der Waals surface area (Å²) in [6.07, 6.45) is 5.80. The minimum absolute atomic E-state index is 1.06. The largest absolute Gasteiger partial charge is 0.382 e. The number of allylic oxidation sites excluding steroid dienone is 2. The third-order valence-electron chi connectivity index (χ3n) is 0.867. The maximum Gasteiger partial charge on any atom is 0.0771 e. The van der Waals surface area contributed by atoms with Gasteiger partial charge in [0.25, 0.3) is 0 Å². The highest BCUT2D eigenvalue weighted by Gasteiger charge is 1.83. The molecule has 0 unspecified atom stereocenters. The van der Waals surface area contributed by atoms with E-state index in [2.05, 4.69) is 11.0 Å². The highest BCUT2D eigenvalue weighted by molar-refractivity contribution is 5.26. The first-order valence-corrected chi connectivity index (χ1v) is 2.24. The molecular formula is C6H7N. The van der Waals surface area contributed by atoms with Crippen LogP contribution in [0.5, 0.6) is 0 Å². The summed E-state index contributed by atoms with van der Waals surface area (Å²) in [6.45, 7) is 0. The second kappa shape index (κ2) is 1.67. The van der Waals surface area contributed by atoms with E-state index in [4.69, 9.17) is 0 Å². The average molecular weight is 93.1 g/mol. The molecule has 1 aliphatic carbocycles. The van der Waals surface area contributed by atoms with E-state index in [1.54, 1.807) is 0 Å². The summed E-state index contributed by atoms with van der Waals surface area (Å²) < 4.78 is 0. The fourth-order valence-corrected chi connectivity index (χ4v) is 0.486. The number of hydrogen-bond acceptors (Lipinski definition) is 1. The quantitative estimate of drug-likeness (QED) is 0.473. The lowest BCUT2D eigenvalue weighted by Crippen LogP contribution is -1.99. The zero-order valence-electron chi connectivity index (χ0n) is 4.23. The van der Waals surface area contributed by atoms with Crippen molar-refractivity contribution < 1.29 is 0 Å². The molecule has 0 aromatic heterocycles. The van der Waals surface area contributed by atoms with Crippen molar-refractivity contribution in [1.82, 2.24) is 5.32 Å². The molecule has 1 heteroatoms. The lowest BCUT2D eigenvalue weighted by molar-refractivity contribution is 1.04. The Morgan fingerprint density at radius 1 is 1.71 bits per heavy atom. The van der Waals surface area contributed by atoms with Crippen LogP contribution < -0.4 is 5.32 Å². The van der Waals surface area contributed by atoms with Gasteiger partial charge in [-0.2, -0.15) is 0 Å². The maximum absolute atomic E-state index is 2.98. The molecule has 0 fully saturated rings. The number of hydrogen-bond donors (Lipinski definition) is 1. The van der Waals surface area contributed by atoms with Gasteiger partial charge in [0.05, 0.1) is 5.70 Å². The predicted octanol–water partition coefficient (Wildman–Crippen LogP) is 0.815. The van der Waals surface area contributed by atoms with Crippen LogP contribution in [0.1, 0.15) is 0 Å². The van der Waals surface area contributed by atoms with E-state index in [0.717, 1.165) is 5.70 Å². The normalized spacial score (nSPS) is 14.7. The second-order valence-corrected chi connectivity index (χ2v) is 1.33. The van der Waals surface area contributed by atoms with Crippen molar-refractivity contribution in [3.05, 3.63) is 29.7 Å². The molecule has 0 spiro atoms. The molecule has 1 aliphatic rings. The summed E-state index contributed by atoms with van der Waals surface area (Å²) in [5.74, 6) is 0. The summed E-state index contributed by atoms with van der Waals surface area (Å²) in [6, 6.07) is 0. The Morgan fingerprint density at radius 2 is 2.57 bits per heavy atom. The Morgan fingerprint density at radius 3 is 2.86 bits per heavy atom. The molecule has 1 rings (SSSR count). The van der Waals surface area contributed by atoms with Crippen LogP contribution in [0.2, 0.25) is 0 Å². The summed E-state index contributed by atoms with van der Waals surface area (Å²) in [5, 5.41) is 2.95. The van der Waals surface area contributed by atoms with E-state index in [-0.39, 0.29) is 0 Å². The first-order valence-electron chi connectivity index (χ1n) is 2.24. The smallest absolute Gasteiger partial charge is 0.0771 e. The summed E-state index contributed by atoms with van der Waals surface area (Å²) in [7, 11) is 1.88. The van der Waals surface area contributed by atoms with Gasteiger partial charge in [-0.15, -0.1) is 0 Å². The van der Waals surface area contributed by atoms with Crippen LogP contribution in [-0.4, -0.2) is 7.05 Å². The molecule has 0 saturated carbocycles. The van der Waals surface area contributed by atoms with E-state index >= 15 is 0 Å². The lowest BCUT2D eigenvalue weighted by atomic mass is 10.5. The third kappa shape index (κ3) is 0.729. The van der Waals surface area contributed by atoms with Gasteiger partial charge in [-0.25, -0.2) is 0 Å². The van der Waals surface area contributed by atoms with Crippen molar-refractivity contribution in [3.63, 3.8) is 0 Å². The Kier molecular flexibility index (Phi) is 1.01. The second-order valence-electron chi connectivity index (χ2n) is 1.33. The van der Waals surface area contributed by atoms with Gasteiger partial charge in [-0.05, 0) is 12.2 Å². The van der Waals surface area contributed by atoms with Crippen molar-refractivity contribution in [2.75, 3.05) is 7.05 Å². The number of rotatable bonds is 1. The van der Waals surface area contributed by atoms with E-state index in [0.29, 0.717) is 0 Å². The van der Waals surface area contributed by atoms with Gasteiger partial charge >= 0.3 is 0 Å². The molecule has 0 atom stereocenters. The highest BCUT2D eigenvalue weighted by atomic mass is 14.8. The third-order valence-corrected chi connectivity index (χ3v) is 0.867. The highest BCUT2D eigenvalue weighted by Crippen LogP contribution is 1.93. The van der Waals surface area contributed by atoms with Gasteiger partial charge in [0.15, 0.2) is 0 Å². The fourth-order valence-electron chi connectivity index (χ4n) is 0.486. The van der Waals surface area contributed by atoms with Gasteiger partial charge in [-0.1, -0.05) is 11.8 Å². The lowest BCUT2D eigenvalue weighted by Gasteiger charge is -1.88. The molecule has 0 aromatic carbocycles. The summed E-state index contributed by atoms with van der Waals surface area (Å²) in [4.78, 5) is 0. The molecule has 0 aliphatic heterocycles. The van der Waals surface area contributed by atoms with Crippen LogP contribution in [0.15, 0.2) is 29.7 Å². The van der Waals surface area contributed by atoms with Crippen LogP contribution in [0, 0.1) is 0 Å². The SMILES string of the molecule is CNC1=C=CC=C1. The maximum atomic E-state index is 2.98. The Labute approximate surface area is 43.0 Å². The van der Waals surface area contributed by atoms with Crippen LogP contribution in [0.3, 0.4) is 0 Å². The molecule has 36 valence electrons. The minimum Gasteiger partial charge on any atom is -0.382 e.